The quantitative estimate of drug-likeness (QED) is 0.580. The number of nitrogens with zero attached hydrogens (tertiary/aromatic N) is 2. The van der Waals surface area contributed by atoms with Gasteiger partial charge in [-0.3, -0.25) is 9.78 Å². The van der Waals surface area contributed by atoms with E-state index in [-0.39, 0.29) is 11.9 Å². The number of anilines is 3. The van der Waals surface area contributed by atoms with E-state index in [0.717, 1.165) is 16.8 Å². The average molecular weight is 403 g/mol. The average Bonchev–Trinajstić information content (AvgIpc) is 2.72. The van der Waals surface area contributed by atoms with Gasteiger partial charge in [0.25, 0.3) is 5.91 Å². The van der Waals surface area contributed by atoms with E-state index in [1.807, 2.05) is 62.3 Å². The van der Waals surface area contributed by atoms with E-state index in [2.05, 4.69) is 20.9 Å². The summed E-state index contributed by atoms with van der Waals surface area (Å²) in [6.07, 6.45) is 3.40. The summed E-state index contributed by atoms with van der Waals surface area (Å²) in [5.74, 6) is -0.231. The van der Waals surface area contributed by atoms with Crippen molar-refractivity contribution in [3.8, 4) is 0 Å². The van der Waals surface area contributed by atoms with Crippen LogP contribution in [0.15, 0.2) is 67.0 Å². The molecule has 0 fully saturated rings. The van der Waals surface area contributed by atoms with E-state index >= 15 is 0 Å². The molecule has 0 spiro atoms. The first-order valence-corrected chi connectivity index (χ1v) is 9.55. The molecule has 154 valence electrons. The van der Waals surface area contributed by atoms with Crippen LogP contribution in [0.3, 0.4) is 0 Å². The van der Waals surface area contributed by atoms with Crippen LogP contribution < -0.4 is 20.9 Å². The Morgan fingerprint density at radius 3 is 2.40 bits per heavy atom. The third kappa shape index (κ3) is 5.57. The number of nitrogens with one attached hydrogen (secondary N) is 3. The Morgan fingerprint density at radius 2 is 1.73 bits per heavy atom. The maximum absolute atomic E-state index is 12.8. The summed E-state index contributed by atoms with van der Waals surface area (Å²) in [6, 6.07) is 16.1. The van der Waals surface area contributed by atoms with Gasteiger partial charge in [0.1, 0.15) is 0 Å². The predicted octanol–water partition coefficient (Wildman–Crippen LogP) is 4.03. The van der Waals surface area contributed by atoms with Gasteiger partial charge >= 0.3 is 6.03 Å². The van der Waals surface area contributed by atoms with E-state index in [4.69, 9.17) is 0 Å². The first kappa shape index (κ1) is 20.9. The number of urea groups is 1. The number of aromatic nitrogens is 1. The summed E-state index contributed by atoms with van der Waals surface area (Å²) in [4.78, 5) is 31.1. The topological polar surface area (TPSA) is 86.4 Å². The molecule has 3 amide bonds. The van der Waals surface area contributed by atoms with Crippen molar-refractivity contribution < 1.29 is 9.59 Å². The Kier molecular flexibility index (Phi) is 6.64. The highest BCUT2D eigenvalue weighted by Crippen LogP contribution is 2.23. The number of rotatable bonds is 6. The second-order valence-corrected chi connectivity index (χ2v) is 7.12. The Balaban J connectivity index is 1.73. The molecule has 0 aliphatic rings. The number of carbonyl (C=O) groups is 2. The van der Waals surface area contributed by atoms with Gasteiger partial charge in [-0.25, -0.2) is 4.79 Å². The lowest BCUT2D eigenvalue weighted by Crippen LogP contribution is -2.26. The zero-order chi connectivity index (χ0) is 21.5. The SMILES string of the molecule is Cc1cccc(NC(=O)Nc2ccc(N(C)C)c(C(=O)NCc3cccnc3)c2)c1. The van der Waals surface area contributed by atoms with Crippen molar-refractivity contribution in [2.45, 2.75) is 13.5 Å². The Labute approximate surface area is 176 Å². The lowest BCUT2D eigenvalue weighted by atomic mass is 10.1. The zero-order valence-electron chi connectivity index (χ0n) is 17.3. The molecule has 0 aliphatic carbocycles. The lowest BCUT2D eigenvalue weighted by molar-refractivity contribution is 0.0951. The molecule has 7 heteroatoms. The summed E-state index contributed by atoms with van der Waals surface area (Å²) in [7, 11) is 3.73. The molecule has 7 nitrogen and oxygen atoms in total. The fraction of sp³-hybridized carbons (Fsp3) is 0.174. The Hall–Kier alpha value is -3.87. The highest BCUT2D eigenvalue weighted by atomic mass is 16.2. The normalized spacial score (nSPS) is 10.2. The van der Waals surface area contributed by atoms with Gasteiger partial charge in [0, 0.05) is 50.1 Å². The van der Waals surface area contributed by atoms with E-state index < -0.39 is 0 Å². The van der Waals surface area contributed by atoms with Gasteiger partial charge in [0.05, 0.1) is 5.56 Å². The van der Waals surface area contributed by atoms with Gasteiger partial charge in [-0.15, -0.1) is 0 Å². The predicted molar refractivity (Wildman–Crippen MR) is 120 cm³/mol. The van der Waals surface area contributed by atoms with Crippen LogP contribution in [0.2, 0.25) is 0 Å². The molecule has 1 heterocycles. The maximum atomic E-state index is 12.8. The molecule has 0 unspecified atom stereocenters. The second-order valence-electron chi connectivity index (χ2n) is 7.12. The smallest absolute Gasteiger partial charge is 0.323 e. The van der Waals surface area contributed by atoms with E-state index in [0.29, 0.717) is 23.5 Å². The lowest BCUT2D eigenvalue weighted by Gasteiger charge is -2.18. The van der Waals surface area contributed by atoms with Crippen LogP contribution in [-0.2, 0) is 6.54 Å². The van der Waals surface area contributed by atoms with Crippen molar-refractivity contribution in [2.75, 3.05) is 29.6 Å². The number of hydrogen-bond donors (Lipinski definition) is 3. The van der Waals surface area contributed by atoms with Crippen molar-refractivity contribution in [1.29, 1.82) is 0 Å². The molecule has 2 aromatic carbocycles. The minimum atomic E-state index is -0.375. The zero-order valence-corrected chi connectivity index (χ0v) is 17.3. The number of pyridine rings is 1. The number of carbonyl (C=O) groups excluding carboxylic acids is 2. The van der Waals surface area contributed by atoms with Gasteiger partial charge in [-0.2, -0.15) is 0 Å². The van der Waals surface area contributed by atoms with Gasteiger partial charge in [-0.1, -0.05) is 18.2 Å². The fourth-order valence-corrected chi connectivity index (χ4v) is 2.98. The summed E-state index contributed by atoms with van der Waals surface area (Å²) in [6.45, 7) is 2.32. The van der Waals surface area contributed by atoms with Crippen LogP contribution in [0, 0.1) is 6.92 Å². The summed E-state index contributed by atoms with van der Waals surface area (Å²) in [5, 5.41) is 8.49. The van der Waals surface area contributed by atoms with Crippen molar-refractivity contribution in [1.82, 2.24) is 10.3 Å². The molecular weight excluding hydrogens is 378 g/mol. The van der Waals surface area contributed by atoms with Crippen LogP contribution in [0.1, 0.15) is 21.5 Å². The van der Waals surface area contributed by atoms with Gasteiger partial charge in [0.15, 0.2) is 0 Å². The number of aryl methyl sites for hydroxylation is 1. The summed E-state index contributed by atoms with van der Waals surface area (Å²) >= 11 is 0. The molecule has 0 bridgehead atoms. The number of amides is 3. The van der Waals surface area contributed by atoms with Gasteiger partial charge < -0.3 is 20.9 Å². The van der Waals surface area contributed by atoms with Crippen LogP contribution >= 0.6 is 0 Å². The third-order valence-corrected chi connectivity index (χ3v) is 4.43. The molecule has 0 atom stereocenters. The highest BCUT2D eigenvalue weighted by Gasteiger charge is 2.15. The summed E-state index contributed by atoms with van der Waals surface area (Å²) in [5.41, 5.74) is 4.41. The minimum Gasteiger partial charge on any atom is -0.377 e. The molecule has 1 aromatic heterocycles. The standard InChI is InChI=1S/C23H25N5O2/c1-16-6-4-8-18(12-16)26-23(30)27-19-9-10-21(28(2)3)20(13-19)22(29)25-15-17-7-5-11-24-14-17/h4-14H,15H2,1-3H3,(H,25,29)(H2,26,27,30). The maximum Gasteiger partial charge on any atom is 0.323 e. The largest absolute Gasteiger partial charge is 0.377 e. The van der Waals surface area contributed by atoms with Crippen LogP contribution in [-0.4, -0.2) is 31.0 Å². The fourth-order valence-electron chi connectivity index (χ4n) is 2.98. The van der Waals surface area contributed by atoms with Crippen molar-refractivity contribution >= 4 is 29.0 Å². The van der Waals surface area contributed by atoms with Crippen LogP contribution in [0.5, 0.6) is 0 Å². The highest BCUT2D eigenvalue weighted by molar-refractivity contribution is 6.03. The number of benzene rings is 2. The van der Waals surface area contributed by atoms with Crippen molar-refractivity contribution in [2.24, 2.45) is 0 Å². The molecule has 0 aliphatic heterocycles. The van der Waals surface area contributed by atoms with Crippen LogP contribution in [0.4, 0.5) is 21.9 Å². The first-order chi connectivity index (χ1) is 14.4. The second kappa shape index (κ2) is 9.56. The summed E-state index contributed by atoms with van der Waals surface area (Å²) < 4.78 is 0. The van der Waals surface area contributed by atoms with E-state index in [1.165, 1.54) is 0 Å². The molecule has 3 rings (SSSR count). The van der Waals surface area contributed by atoms with Crippen molar-refractivity contribution in [3.05, 3.63) is 83.7 Å². The van der Waals surface area contributed by atoms with Crippen LogP contribution in [0.25, 0.3) is 0 Å². The molecular formula is C23H25N5O2. The van der Waals surface area contributed by atoms with E-state index in [9.17, 15) is 9.59 Å². The Morgan fingerprint density at radius 1 is 0.967 bits per heavy atom. The molecule has 3 N–H and O–H groups in total. The number of hydrogen-bond acceptors (Lipinski definition) is 4. The third-order valence-electron chi connectivity index (χ3n) is 4.43. The molecule has 3 aromatic rings. The first-order valence-electron chi connectivity index (χ1n) is 9.55. The molecule has 30 heavy (non-hydrogen) atoms. The van der Waals surface area contributed by atoms with E-state index in [1.54, 1.807) is 30.6 Å². The Bertz CT molecular complexity index is 1030. The van der Waals surface area contributed by atoms with Gasteiger partial charge in [-0.05, 0) is 54.4 Å². The monoisotopic (exact) mass is 403 g/mol. The molecule has 0 saturated heterocycles. The van der Waals surface area contributed by atoms with Gasteiger partial charge in [0.2, 0.25) is 0 Å². The molecule has 0 saturated carbocycles. The minimum absolute atomic E-state index is 0.231. The molecule has 0 radical (unpaired) electrons. The van der Waals surface area contributed by atoms with Crippen molar-refractivity contribution in [3.63, 3.8) is 0 Å².